The van der Waals surface area contributed by atoms with Gasteiger partial charge in [-0.05, 0) is 59.7 Å². The van der Waals surface area contributed by atoms with E-state index < -0.39 is 0 Å². The quantitative estimate of drug-likeness (QED) is 0.395. The summed E-state index contributed by atoms with van der Waals surface area (Å²) in [7, 11) is 0. The number of amides is 2. The Hall–Kier alpha value is -4.51. The summed E-state index contributed by atoms with van der Waals surface area (Å²) in [5, 5.41) is 5.71. The van der Waals surface area contributed by atoms with E-state index >= 15 is 0 Å². The Balaban J connectivity index is 1.40. The van der Waals surface area contributed by atoms with Crippen LogP contribution in [0, 0.1) is 0 Å². The van der Waals surface area contributed by atoms with Crippen molar-refractivity contribution >= 4 is 29.5 Å². The zero-order valence-corrected chi connectivity index (χ0v) is 17.1. The number of aldehydes is 1. The van der Waals surface area contributed by atoms with Crippen molar-refractivity contribution in [2.45, 2.75) is 0 Å². The third-order valence-corrected chi connectivity index (χ3v) is 4.96. The maximum atomic E-state index is 12.4. The van der Waals surface area contributed by atoms with Gasteiger partial charge in [0.1, 0.15) is 6.29 Å². The van der Waals surface area contributed by atoms with Gasteiger partial charge in [0.05, 0.1) is 0 Å². The van der Waals surface area contributed by atoms with E-state index in [9.17, 15) is 14.4 Å². The van der Waals surface area contributed by atoms with Gasteiger partial charge in [-0.25, -0.2) is 0 Å². The maximum absolute atomic E-state index is 12.4. The first-order chi connectivity index (χ1) is 15.6. The van der Waals surface area contributed by atoms with Gasteiger partial charge in [0.2, 0.25) is 0 Å². The molecule has 0 saturated heterocycles. The average Bonchev–Trinajstić information content (AvgIpc) is 2.85. The molecular formula is C27H20N2O3. The first-order valence-corrected chi connectivity index (χ1v) is 10.1. The van der Waals surface area contributed by atoms with Crippen molar-refractivity contribution in [3.63, 3.8) is 0 Å². The number of hydrogen-bond acceptors (Lipinski definition) is 3. The molecule has 0 aliphatic carbocycles. The smallest absolute Gasteiger partial charge is 0.255 e. The van der Waals surface area contributed by atoms with E-state index in [-0.39, 0.29) is 11.8 Å². The van der Waals surface area contributed by atoms with Gasteiger partial charge in [-0.15, -0.1) is 0 Å². The Morgan fingerprint density at radius 1 is 0.531 bits per heavy atom. The number of anilines is 2. The van der Waals surface area contributed by atoms with Crippen LogP contribution in [-0.4, -0.2) is 18.1 Å². The van der Waals surface area contributed by atoms with E-state index in [0.717, 1.165) is 23.1 Å². The number of hydrogen-bond donors (Lipinski definition) is 2. The second-order valence-electron chi connectivity index (χ2n) is 7.17. The van der Waals surface area contributed by atoms with Gasteiger partial charge in [0.15, 0.2) is 0 Å². The van der Waals surface area contributed by atoms with Crippen LogP contribution in [0.1, 0.15) is 31.1 Å². The second-order valence-corrected chi connectivity index (χ2v) is 7.17. The molecule has 0 aliphatic rings. The van der Waals surface area contributed by atoms with E-state index in [2.05, 4.69) is 10.6 Å². The number of para-hydroxylation sites is 1. The molecule has 0 atom stereocenters. The summed E-state index contributed by atoms with van der Waals surface area (Å²) in [5.41, 5.74) is 4.91. The molecule has 4 rings (SSSR count). The highest BCUT2D eigenvalue weighted by atomic mass is 16.2. The highest BCUT2D eigenvalue weighted by molar-refractivity contribution is 6.05. The monoisotopic (exact) mass is 420 g/mol. The zero-order chi connectivity index (χ0) is 22.3. The lowest BCUT2D eigenvalue weighted by molar-refractivity contribution is 0.101. The predicted octanol–water partition coefficient (Wildman–Crippen LogP) is 5.67. The SMILES string of the molecule is O=Cc1ccc(C(=O)Nc2ccc(-c3ccc(C(=O)Nc4ccccc4)cc3)cc2)cc1. The molecule has 0 bridgehead atoms. The molecule has 4 aromatic rings. The van der Waals surface area contributed by atoms with Gasteiger partial charge in [0.25, 0.3) is 11.8 Å². The molecule has 0 spiro atoms. The minimum atomic E-state index is -0.246. The normalized spacial score (nSPS) is 10.2. The van der Waals surface area contributed by atoms with Crippen LogP contribution < -0.4 is 10.6 Å². The first-order valence-electron chi connectivity index (χ1n) is 10.1. The summed E-state index contributed by atoms with van der Waals surface area (Å²) < 4.78 is 0. The molecule has 0 unspecified atom stereocenters. The minimum absolute atomic E-state index is 0.165. The van der Waals surface area contributed by atoms with Crippen molar-refractivity contribution in [3.8, 4) is 11.1 Å². The van der Waals surface area contributed by atoms with Crippen molar-refractivity contribution in [2.24, 2.45) is 0 Å². The van der Waals surface area contributed by atoms with Crippen LogP contribution in [0.25, 0.3) is 11.1 Å². The summed E-state index contributed by atoms with van der Waals surface area (Å²) >= 11 is 0. The summed E-state index contributed by atoms with van der Waals surface area (Å²) in [4.78, 5) is 35.5. The fraction of sp³-hybridized carbons (Fsp3) is 0. The molecule has 0 heterocycles. The fourth-order valence-electron chi connectivity index (χ4n) is 3.20. The number of benzene rings is 4. The van der Waals surface area contributed by atoms with Crippen molar-refractivity contribution in [2.75, 3.05) is 10.6 Å². The minimum Gasteiger partial charge on any atom is -0.322 e. The van der Waals surface area contributed by atoms with Gasteiger partial charge in [0, 0.05) is 28.1 Å². The lowest BCUT2D eigenvalue weighted by Crippen LogP contribution is -2.11. The molecular weight excluding hydrogens is 400 g/mol. The Morgan fingerprint density at radius 3 is 1.47 bits per heavy atom. The number of carbonyl (C=O) groups is 3. The first kappa shape index (κ1) is 20.8. The van der Waals surface area contributed by atoms with Gasteiger partial charge in [-0.2, -0.15) is 0 Å². The molecule has 2 N–H and O–H groups in total. The molecule has 0 aromatic heterocycles. The predicted molar refractivity (Wildman–Crippen MR) is 126 cm³/mol. The summed E-state index contributed by atoms with van der Waals surface area (Å²) in [6.07, 6.45) is 0.739. The third-order valence-electron chi connectivity index (χ3n) is 4.96. The maximum Gasteiger partial charge on any atom is 0.255 e. The van der Waals surface area contributed by atoms with Crippen LogP contribution in [0.4, 0.5) is 11.4 Å². The number of rotatable bonds is 6. The van der Waals surface area contributed by atoms with E-state index in [0.29, 0.717) is 22.4 Å². The van der Waals surface area contributed by atoms with E-state index in [1.54, 1.807) is 36.4 Å². The molecule has 0 fully saturated rings. The summed E-state index contributed by atoms with van der Waals surface area (Å²) in [6, 6.07) is 30.6. The highest BCUT2D eigenvalue weighted by Gasteiger charge is 2.08. The molecule has 32 heavy (non-hydrogen) atoms. The summed E-state index contributed by atoms with van der Waals surface area (Å²) in [6.45, 7) is 0. The van der Waals surface area contributed by atoms with Crippen LogP contribution in [0.2, 0.25) is 0 Å². The average molecular weight is 420 g/mol. The van der Waals surface area contributed by atoms with Crippen LogP contribution in [0.5, 0.6) is 0 Å². The Bertz CT molecular complexity index is 1230. The Labute approximate surface area is 185 Å². The van der Waals surface area contributed by atoms with Gasteiger partial charge in [-0.1, -0.05) is 54.6 Å². The Morgan fingerprint density at radius 2 is 0.969 bits per heavy atom. The molecule has 0 saturated carbocycles. The Kier molecular flexibility index (Phi) is 6.18. The lowest BCUT2D eigenvalue weighted by atomic mass is 10.0. The van der Waals surface area contributed by atoms with E-state index in [4.69, 9.17) is 0 Å². The van der Waals surface area contributed by atoms with Crippen LogP contribution in [0.15, 0.2) is 103 Å². The highest BCUT2D eigenvalue weighted by Crippen LogP contribution is 2.23. The largest absolute Gasteiger partial charge is 0.322 e. The lowest BCUT2D eigenvalue weighted by Gasteiger charge is -2.08. The second kappa shape index (κ2) is 9.53. The van der Waals surface area contributed by atoms with Crippen LogP contribution in [0.3, 0.4) is 0 Å². The van der Waals surface area contributed by atoms with Gasteiger partial charge < -0.3 is 10.6 Å². The molecule has 4 aromatic carbocycles. The van der Waals surface area contributed by atoms with Crippen molar-refractivity contribution < 1.29 is 14.4 Å². The molecule has 0 aliphatic heterocycles. The van der Waals surface area contributed by atoms with E-state index in [1.165, 1.54) is 0 Å². The summed E-state index contributed by atoms with van der Waals surface area (Å²) in [5.74, 6) is -0.411. The standard InChI is InChI=1S/C27H20N2O3/c30-18-19-6-8-22(9-7-19)26(31)29-25-16-14-21(15-17-25)20-10-12-23(13-11-20)27(32)28-24-4-2-1-3-5-24/h1-18H,(H,28,32)(H,29,31). The molecule has 156 valence electrons. The molecule has 0 radical (unpaired) electrons. The topological polar surface area (TPSA) is 75.3 Å². The van der Waals surface area contributed by atoms with Crippen molar-refractivity contribution in [1.82, 2.24) is 0 Å². The van der Waals surface area contributed by atoms with E-state index in [1.807, 2.05) is 66.7 Å². The van der Waals surface area contributed by atoms with Crippen LogP contribution >= 0.6 is 0 Å². The van der Waals surface area contributed by atoms with Crippen molar-refractivity contribution in [3.05, 3.63) is 120 Å². The van der Waals surface area contributed by atoms with Gasteiger partial charge >= 0.3 is 0 Å². The molecule has 5 heteroatoms. The fourth-order valence-corrected chi connectivity index (χ4v) is 3.20. The molecule has 2 amide bonds. The number of nitrogens with one attached hydrogen (secondary N) is 2. The zero-order valence-electron chi connectivity index (χ0n) is 17.1. The molecule has 5 nitrogen and oxygen atoms in total. The van der Waals surface area contributed by atoms with Gasteiger partial charge in [-0.3, -0.25) is 14.4 Å². The number of carbonyl (C=O) groups excluding carboxylic acids is 3. The van der Waals surface area contributed by atoms with Crippen LogP contribution in [-0.2, 0) is 0 Å². The third kappa shape index (κ3) is 4.96. The van der Waals surface area contributed by atoms with Crippen molar-refractivity contribution in [1.29, 1.82) is 0 Å².